The van der Waals surface area contributed by atoms with Crippen molar-refractivity contribution in [2.45, 2.75) is 58.8 Å². The van der Waals surface area contributed by atoms with Crippen LogP contribution in [0.2, 0.25) is 0 Å². The molecule has 0 bridgehead atoms. The van der Waals surface area contributed by atoms with Gasteiger partial charge in [0.1, 0.15) is 5.75 Å². The molecule has 0 unspecified atom stereocenters. The number of hydrogen-bond acceptors (Lipinski definition) is 3. The van der Waals surface area contributed by atoms with Crippen molar-refractivity contribution in [3.05, 3.63) is 28.8 Å². The lowest BCUT2D eigenvalue weighted by atomic mass is 9.82. The summed E-state index contributed by atoms with van der Waals surface area (Å²) in [6, 6.07) is 3.93. The van der Waals surface area contributed by atoms with E-state index in [0.29, 0.717) is 6.42 Å². The zero-order chi connectivity index (χ0) is 16.0. The van der Waals surface area contributed by atoms with Crippen LogP contribution >= 0.6 is 0 Å². The highest BCUT2D eigenvalue weighted by Crippen LogP contribution is 2.36. The third-order valence-corrected chi connectivity index (χ3v) is 3.68. The van der Waals surface area contributed by atoms with Gasteiger partial charge in [-0.25, -0.2) is 0 Å². The summed E-state index contributed by atoms with van der Waals surface area (Å²) in [4.78, 5) is 12.1. The Kier molecular flexibility index (Phi) is 6.41. The van der Waals surface area contributed by atoms with E-state index in [9.17, 15) is 4.79 Å². The van der Waals surface area contributed by atoms with Crippen LogP contribution in [0.1, 0.15) is 68.4 Å². The lowest BCUT2D eigenvalue weighted by Gasteiger charge is -2.25. The quantitative estimate of drug-likeness (QED) is 0.612. The van der Waals surface area contributed by atoms with Crippen molar-refractivity contribution in [1.82, 2.24) is 0 Å². The molecule has 1 aromatic rings. The predicted octanol–water partition coefficient (Wildman–Crippen LogP) is 3.90. The SMILES string of the molecule is CCC(=O)c1cc(CCCCO)c(OC)c(C(C)(C)C)c1. The molecule has 0 atom stereocenters. The summed E-state index contributed by atoms with van der Waals surface area (Å²) in [7, 11) is 1.68. The molecule has 0 saturated heterocycles. The fourth-order valence-corrected chi connectivity index (χ4v) is 2.47. The van der Waals surface area contributed by atoms with Gasteiger partial charge in [-0.1, -0.05) is 27.7 Å². The van der Waals surface area contributed by atoms with Crippen LogP contribution in [0.4, 0.5) is 0 Å². The molecule has 0 spiro atoms. The molecule has 0 fully saturated rings. The molecule has 0 amide bonds. The van der Waals surface area contributed by atoms with Crippen LogP contribution in [0, 0.1) is 0 Å². The van der Waals surface area contributed by atoms with Crippen molar-refractivity contribution >= 4 is 5.78 Å². The number of carbonyl (C=O) groups excluding carboxylic acids is 1. The molecule has 0 aliphatic heterocycles. The third kappa shape index (κ3) is 4.57. The van der Waals surface area contributed by atoms with E-state index < -0.39 is 0 Å². The second kappa shape index (κ2) is 7.60. The first-order valence-electron chi connectivity index (χ1n) is 7.70. The summed E-state index contributed by atoms with van der Waals surface area (Å²) >= 11 is 0. The van der Waals surface area contributed by atoms with Crippen LogP contribution in [-0.4, -0.2) is 24.6 Å². The lowest BCUT2D eigenvalue weighted by molar-refractivity contribution is 0.0988. The molecule has 0 aliphatic carbocycles. The molecule has 0 radical (unpaired) electrons. The Balaban J connectivity index is 3.34. The maximum Gasteiger partial charge on any atom is 0.162 e. The molecule has 1 rings (SSSR count). The number of methoxy groups -OCH3 is 1. The summed E-state index contributed by atoms with van der Waals surface area (Å²) in [6.07, 6.45) is 2.98. The standard InChI is InChI=1S/C18H28O3/c1-6-16(20)14-11-13(9-7-8-10-19)17(21-5)15(12-14)18(2,3)4/h11-12,19H,6-10H2,1-5H3. The molecule has 0 heterocycles. The van der Waals surface area contributed by atoms with E-state index in [2.05, 4.69) is 20.8 Å². The zero-order valence-corrected chi connectivity index (χ0v) is 14.0. The van der Waals surface area contributed by atoms with Crippen LogP contribution in [-0.2, 0) is 11.8 Å². The minimum Gasteiger partial charge on any atom is -0.496 e. The Hall–Kier alpha value is -1.35. The van der Waals surface area contributed by atoms with Gasteiger partial charge >= 0.3 is 0 Å². The molecular formula is C18H28O3. The molecule has 0 saturated carbocycles. The number of hydrogen-bond donors (Lipinski definition) is 1. The number of aliphatic hydroxyl groups excluding tert-OH is 1. The van der Waals surface area contributed by atoms with Crippen LogP contribution in [0.15, 0.2) is 12.1 Å². The van der Waals surface area contributed by atoms with E-state index in [4.69, 9.17) is 9.84 Å². The predicted molar refractivity (Wildman–Crippen MR) is 86.3 cm³/mol. The summed E-state index contributed by atoms with van der Waals surface area (Å²) in [5.74, 6) is 1.04. The Morgan fingerprint density at radius 2 is 1.90 bits per heavy atom. The number of carbonyl (C=O) groups is 1. The smallest absolute Gasteiger partial charge is 0.162 e. The molecule has 1 aromatic carbocycles. The summed E-state index contributed by atoms with van der Waals surface area (Å²) in [6.45, 7) is 8.46. The van der Waals surface area contributed by atoms with Gasteiger partial charge in [-0.3, -0.25) is 4.79 Å². The number of ketones is 1. The molecule has 0 aliphatic rings. The molecule has 21 heavy (non-hydrogen) atoms. The van der Waals surface area contributed by atoms with Crippen LogP contribution in [0.25, 0.3) is 0 Å². The Labute approximate surface area is 128 Å². The van der Waals surface area contributed by atoms with Crippen molar-refractivity contribution < 1.29 is 14.6 Å². The van der Waals surface area contributed by atoms with E-state index in [1.165, 1.54) is 0 Å². The van der Waals surface area contributed by atoms with Gasteiger partial charge in [0.05, 0.1) is 7.11 Å². The number of aliphatic hydroxyl groups is 1. The van der Waals surface area contributed by atoms with Crippen molar-refractivity contribution in [2.75, 3.05) is 13.7 Å². The number of unbranched alkanes of at least 4 members (excludes halogenated alkanes) is 1. The largest absolute Gasteiger partial charge is 0.496 e. The zero-order valence-electron chi connectivity index (χ0n) is 14.0. The Bertz CT molecular complexity index is 484. The number of Topliss-reactive ketones (excluding diaryl/α,β-unsaturated/α-hetero) is 1. The van der Waals surface area contributed by atoms with E-state index in [1.807, 2.05) is 19.1 Å². The summed E-state index contributed by atoms with van der Waals surface area (Å²) < 4.78 is 5.63. The van der Waals surface area contributed by atoms with E-state index in [-0.39, 0.29) is 17.8 Å². The number of benzene rings is 1. The van der Waals surface area contributed by atoms with Crippen LogP contribution in [0.3, 0.4) is 0 Å². The second-order valence-corrected chi connectivity index (χ2v) is 6.42. The first-order chi connectivity index (χ1) is 9.85. The monoisotopic (exact) mass is 292 g/mol. The van der Waals surface area contributed by atoms with E-state index >= 15 is 0 Å². The Morgan fingerprint density at radius 3 is 2.38 bits per heavy atom. The highest BCUT2D eigenvalue weighted by molar-refractivity contribution is 5.96. The van der Waals surface area contributed by atoms with Crippen LogP contribution in [0.5, 0.6) is 5.75 Å². The van der Waals surface area contributed by atoms with Gasteiger partial charge in [0.2, 0.25) is 0 Å². The summed E-state index contributed by atoms with van der Waals surface area (Å²) in [5, 5.41) is 8.95. The second-order valence-electron chi connectivity index (χ2n) is 6.42. The van der Waals surface area contributed by atoms with Crippen LogP contribution < -0.4 is 4.74 Å². The van der Waals surface area contributed by atoms with Gasteiger partial charge in [0.25, 0.3) is 0 Å². The minimum absolute atomic E-state index is 0.0822. The van der Waals surface area contributed by atoms with Gasteiger partial charge in [0.15, 0.2) is 5.78 Å². The lowest BCUT2D eigenvalue weighted by Crippen LogP contribution is -2.16. The highest BCUT2D eigenvalue weighted by atomic mass is 16.5. The molecule has 3 heteroatoms. The Morgan fingerprint density at radius 1 is 1.24 bits per heavy atom. The number of rotatable bonds is 7. The fraction of sp³-hybridized carbons (Fsp3) is 0.611. The highest BCUT2D eigenvalue weighted by Gasteiger charge is 2.23. The van der Waals surface area contributed by atoms with Crippen molar-refractivity contribution in [3.8, 4) is 5.75 Å². The van der Waals surface area contributed by atoms with Gasteiger partial charge in [-0.05, 0) is 42.4 Å². The topological polar surface area (TPSA) is 46.5 Å². The normalized spacial score (nSPS) is 11.5. The minimum atomic E-state index is -0.0822. The van der Waals surface area contributed by atoms with Crippen molar-refractivity contribution in [3.63, 3.8) is 0 Å². The molecule has 0 aromatic heterocycles. The van der Waals surface area contributed by atoms with Gasteiger partial charge in [0, 0.05) is 24.2 Å². The third-order valence-electron chi connectivity index (χ3n) is 3.68. The first-order valence-corrected chi connectivity index (χ1v) is 7.70. The van der Waals surface area contributed by atoms with Crippen molar-refractivity contribution in [2.24, 2.45) is 0 Å². The van der Waals surface area contributed by atoms with Crippen molar-refractivity contribution in [1.29, 1.82) is 0 Å². The molecular weight excluding hydrogens is 264 g/mol. The van der Waals surface area contributed by atoms with Gasteiger partial charge < -0.3 is 9.84 Å². The first kappa shape index (κ1) is 17.7. The molecule has 1 N–H and O–H groups in total. The maximum atomic E-state index is 12.1. The fourth-order valence-electron chi connectivity index (χ4n) is 2.47. The molecule has 118 valence electrons. The maximum absolute atomic E-state index is 12.1. The average Bonchev–Trinajstić information content (AvgIpc) is 2.44. The van der Waals surface area contributed by atoms with E-state index in [0.717, 1.165) is 41.7 Å². The molecule has 3 nitrogen and oxygen atoms in total. The number of aryl methyl sites for hydroxylation is 1. The van der Waals surface area contributed by atoms with E-state index in [1.54, 1.807) is 7.11 Å². The summed E-state index contributed by atoms with van der Waals surface area (Å²) in [5.41, 5.74) is 2.82. The number of ether oxygens (including phenoxy) is 1. The van der Waals surface area contributed by atoms with Gasteiger partial charge in [-0.2, -0.15) is 0 Å². The average molecular weight is 292 g/mol. The van der Waals surface area contributed by atoms with Gasteiger partial charge in [-0.15, -0.1) is 0 Å².